The van der Waals surface area contributed by atoms with E-state index < -0.39 is 0 Å². The van der Waals surface area contributed by atoms with E-state index in [1.807, 2.05) is 26.8 Å². The van der Waals surface area contributed by atoms with Crippen molar-refractivity contribution < 1.29 is 14.3 Å². The van der Waals surface area contributed by atoms with Gasteiger partial charge in [0.25, 0.3) is 0 Å². The van der Waals surface area contributed by atoms with Crippen LogP contribution in [0.5, 0.6) is 11.5 Å². The second-order valence-electron chi connectivity index (χ2n) is 6.99. The molecule has 0 spiro atoms. The molecular weight excluding hydrogens is 304 g/mol. The van der Waals surface area contributed by atoms with Crippen LogP contribution in [0.15, 0.2) is 18.2 Å². The number of likely N-dealkylation sites (tertiary alicyclic amines) is 1. The molecule has 1 aromatic carbocycles. The zero-order valence-electron chi connectivity index (χ0n) is 14.9. The van der Waals surface area contributed by atoms with Crippen molar-refractivity contribution in [3.8, 4) is 11.5 Å². The van der Waals surface area contributed by atoms with Gasteiger partial charge in [0.2, 0.25) is 5.91 Å². The molecule has 24 heavy (non-hydrogen) atoms. The van der Waals surface area contributed by atoms with E-state index in [0.717, 1.165) is 37.3 Å². The van der Waals surface area contributed by atoms with Crippen LogP contribution in [-0.4, -0.2) is 42.6 Å². The summed E-state index contributed by atoms with van der Waals surface area (Å²) in [7, 11) is 0. The fraction of sp³-hybridized carbons (Fsp3) is 0.632. The van der Waals surface area contributed by atoms with Gasteiger partial charge in [-0.1, -0.05) is 6.07 Å². The summed E-state index contributed by atoms with van der Waals surface area (Å²) in [6.07, 6.45) is 3.09. The Kier molecular flexibility index (Phi) is 5.29. The molecule has 0 radical (unpaired) electrons. The predicted molar refractivity (Wildman–Crippen MR) is 93.5 cm³/mol. The quantitative estimate of drug-likeness (QED) is 0.921. The molecular formula is C19H28N2O3. The van der Waals surface area contributed by atoms with Crippen molar-refractivity contribution in [2.45, 2.75) is 58.2 Å². The summed E-state index contributed by atoms with van der Waals surface area (Å²) in [6.45, 7) is 8.34. The standard InChI is InChI=1S/C19H28N2O3/c1-13(2)20-19(22)14(3)21-9-4-6-16(21)15-7-8-17-18(12-15)24-11-5-10-23-17/h7-8,12-14,16H,4-6,9-11H2,1-3H3,(H,20,22)/t14-,16+/m0/s1. The van der Waals surface area contributed by atoms with Crippen molar-refractivity contribution in [2.75, 3.05) is 19.8 Å². The van der Waals surface area contributed by atoms with Crippen LogP contribution in [-0.2, 0) is 4.79 Å². The van der Waals surface area contributed by atoms with Gasteiger partial charge in [-0.05, 0) is 57.9 Å². The predicted octanol–water partition coefficient (Wildman–Crippen LogP) is 2.90. The number of benzene rings is 1. The molecule has 2 aliphatic heterocycles. The van der Waals surface area contributed by atoms with Gasteiger partial charge >= 0.3 is 0 Å². The Labute approximate surface area is 144 Å². The number of carbonyl (C=O) groups is 1. The molecule has 0 saturated carbocycles. The largest absolute Gasteiger partial charge is 0.490 e. The van der Waals surface area contributed by atoms with Crippen molar-refractivity contribution in [3.63, 3.8) is 0 Å². The Morgan fingerprint density at radius 2 is 1.92 bits per heavy atom. The number of nitrogens with one attached hydrogen (secondary N) is 1. The van der Waals surface area contributed by atoms with Crippen LogP contribution in [0, 0.1) is 0 Å². The van der Waals surface area contributed by atoms with Gasteiger partial charge in [-0.3, -0.25) is 9.69 Å². The molecule has 1 N–H and O–H groups in total. The van der Waals surface area contributed by atoms with Gasteiger partial charge in [0.05, 0.1) is 19.3 Å². The minimum atomic E-state index is -0.129. The van der Waals surface area contributed by atoms with Crippen LogP contribution in [0.25, 0.3) is 0 Å². The lowest BCUT2D eigenvalue weighted by Gasteiger charge is -2.31. The number of carbonyl (C=O) groups excluding carboxylic acids is 1. The third-order valence-electron chi connectivity index (χ3n) is 4.76. The summed E-state index contributed by atoms with van der Waals surface area (Å²) in [5, 5.41) is 3.02. The zero-order valence-corrected chi connectivity index (χ0v) is 14.9. The molecule has 1 fully saturated rings. The summed E-state index contributed by atoms with van der Waals surface area (Å²) < 4.78 is 11.5. The molecule has 2 atom stereocenters. The Morgan fingerprint density at radius 3 is 2.67 bits per heavy atom. The lowest BCUT2D eigenvalue weighted by molar-refractivity contribution is -0.126. The molecule has 3 rings (SSSR count). The van der Waals surface area contributed by atoms with Crippen molar-refractivity contribution >= 4 is 5.91 Å². The second kappa shape index (κ2) is 7.43. The lowest BCUT2D eigenvalue weighted by Crippen LogP contribution is -2.46. The minimum absolute atomic E-state index is 0.103. The first kappa shape index (κ1) is 17.1. The topological polar surface area (TPSA) is 50.8 Å². The number of hydrogen-bond donors (Lipinski definition) is 1. The maximum Gasteiger partial charge on any atom is 0.237 e. The van der Waals surface area contributed by atoms with Crippen LogP contribution < -0.4 is 14.8 Å². The average molecular weight is 332 g/mol. The van der Waals surface area contributed by atoms with Gasteiger partial charge in [0.1, 0.15) is 0 Å². The minimum Gasteiger partial charge on any atom is -0.490 e. The van der Waals surface area contributed by atoms with E-state index in [-0.39, 0.29) is 24.0 Å². The first-order chi connectivity index (χ1) is 11.6. The van der Waals surface area contributed by atoms with Gasteiger partial charge in [-0.25, -0.2) is 0 Å². The van der Waals surface area contributed by atoms with E-state index in [0.29, 0.717) is 13.2 Å². The maximum atomic E-state index is 12.4. The van der Waals surface area contributed by atoms with E-state index >= 15 is 0 Å². The third-order valence-corrected chi connectivity index (χ3v) is 4.76. The second-order valence-corrected chi connectivity index (χ2v) is 6.99. The summed E-state index contributed by atoms with van der Waals surface area (Å²) in [5.41, 5.74) is 1.21. The van der Waals surface area contributed by atoms with Gasteiger partial charge in [0.15, 0.2) is 11.5 Å². The number of fused-ring (bicyclic) bond motifs is 1. The molecule has 5 nitrogen and oxygen atoms in total. The number of hydrogen-bond acceptors (Lipinski definition) is 4. The Hall–Kier alpha value is -1.75. The number of ether oxygens (including phenoxy) is 2. The Bertz CT molecular complexity index is 588. The van der Waals surface area contributed by atoms with E-state index in [2.05, 4.69) is 22.3 Å². The molecule has 2 heterocycles. The summed E-state index contributed by atoms with van der Waals surface area (Å²) in [4.78, 5) is 14.7. The first-order valence-electron chi connectivity index (χ1n) is 9.02. The Morgan fingerprint density at radius 1 is 1.17 bits per heavy atom. The fourth-order valence-electron chi connectivity index (χ4n) is 3.55. The molecule has 2 aliphatic rings. The van der Waals surface area contributed by atoms with Crippen LogP contribution >= 0.6 is 0 Å². The SMILES string of the molecule is CC(C)NC(=O)[C@H](C)N1CCC[C@@H]1c1ccc2c(c1)OCCCO2. The molecule has 5 heteroatoms. The summed E-state index contributed by atoms with van der Waals surface area (Å²) in [5.74, 6) is 1.76. The average Bonchev–Trinajstić information content (AvgIpc) is 2.92. The number of amides is 1. The highest BCUT2D eigenvalue weighted by Crippen LogP contribution is 2.38. The van der Waals surface area contributed by atoms with Crippen LogP contribution in [0.3, 0.4) is 0 Å². The third kappa shape index (κ3) is 3.66. The van der Waals surface area contributed by atoms with Crippen LogP contribution in [0.1, 0.15) is 51.6 Å². The first-order valence-corrected chi connectivity index (χ1v) is 9.02. The van der Waals surface area contributed by atoms with Crippen molar-refractivity contribution in [1.29, 1.82) is 0 Å². The highest BCUT2D eigenvalue weighted by atomic mass is 16.5. The summed E-state index contributed by atoms with van der Waals surface area (Å²) in [6, 6.07) is 6.51. The van der Waals surface area contributed by atoms with Gasteiger partial charge in [0, 0.05) is 18.5 Å². The molecule has 1 amide bonds. The van der Waals surface area contributed by atoms with E-state index in [1.54, 1.807) is 0 Å². The van der Waals surface area contributed by atoms with Gasteiger partial charge in [-0.15, -0.1) is 0 Å². The monoisotopic (exact) mass is 332 g/mol. The fourth-order valence-corrected chi connectivity index (χ4v) is 3.55. The molecule has 0 bridgehead atoms. The molecule has 0 unspecified atom stereocenters. The molecule has 132 valence electrons. The van der Waals surface area contributed by atoms with Gasteiger partial charge in [-0.2, -0.15) is 0 Å². The zero-order chi connectivity index (χ0) is 17.1. The van der Waals surface area contributed by atoms with Crippen LogP contribution in [0.2, 0.25) is 0 Å². The molecule has 0 aliphatic carbocycles. The highest BCUT2D eigenvalue weighted by molar-refractivity contribution is 5.81. The maximum absolute atomic E-state index is 12.4. The summed E-state index contributed by atoms with van der Waals surface area (Å²) >= 11 is 0. The van der Waals surface area contributed by atoms with Crippen LogP contribution in [0.4, 0.5) is 0 Å². The molecule has 0 aromatic heterocycles. The highest BCUT2D eigenvalue weighted by Gasteiger charge is 2.33. The van der Waals surface area contributed by atoms with E-state index in [9.17, 15) is 4.79 Å². The van der Waals surface area contributed by atoms with Crippen molar-refractivity contribution in [2.24, 2.45) is 0 Å². The molecule has 1 aromatic rings. The van der Waals surface area contributed by atoms with Crippen molar-refractivity contribution in [1.82, 2.24) is 10.2 Å². The van der Waals surface area contributed by atoms with Crippen molar-refractivity contribution in [3.05, 3.63) is 23.8 Å². The van der Waals surface area contributed by atoms with E-state index in [4.69, 9.17) is 9.47 Å². The van der Waals surface area contributed by atoms with Gasteiger partial charge < -0.3 is 14.8 Å². The van der Waals surface area contributed by atoms with E-state index in [1.165, 1.54) is 5.56 Å². The smallest absolute Gasteiger partial charge is 0.237 e. The normalized spacial score (nSPS) is 22.2. The Balaban J connectivity index is 1.78. The molecule has 1 saturated heterocycles. The number of nitrogens with zero attached hydrogens (tertiary/aromatic N) is 1. The lowest BCUT2D eigenvalue weighted by atomic mass is 10.0. The number of rotatable bonds is 4.